The molecule has 1 rings (SSSR count). The highest BCUT2D eigenvalue weighted by Gasteiger charge is 2.28. The van der Waals surface area contributed by atoms with Crippen LogP contribution in [0.1, 0.15) is 5.69 Å². The maximum atomic E-state index is 11.6. The number of hydrogen-bond donors (Lipinski definition) is 1. The molecule has 4 nitrogen and oxygen atoms in total. The number of halogens is 3. The van der Waals surface area contributed by atoms with Crippen molar-refractivity contribution in [2.75, 3.05) is 13.7 Å². The minimum absolute atomic E-state index is 0.135. The summed E-state index contributed by atoms with van der Waals surface area (Å²) in [6.45, 7) is 0.322. The summed E-state index contributed by atoms with van der Waals surface area (Å²) in [7, 11) is 1.77. The third-order valence-electron chi connectivity index (χ3n) is 1.66. The lowest BCUT2D eigenvalue weighted by Crippen LogP contribution is -2.17. The molecule has 0 aliphatic carbocycles. The van der Waals surface area contributed by atoms with Crippen LogP contribution in [-0.2, 0) is 17.8 Å². The zero-order valence-electron chi connectivity index (χ0n) is 8.21. The number of alkyl halides is 3. The van der Waals surface area contributed by atoms with Gasteiger partial charge in [-0.1, -0.05) is 0 Å². The Morgan fingerprint density at radius 3 is 2.87 bits per heavy atom. The summed E-state index contributed by atoms with van der Waals surface area (Å²) < 4.78 is 40.1. The lowest BCUT2D eigenvalue weighted by atomic mass is 10.5. The van der Waals surface area contributed by atoms with E-state index in [1.54, 1.807) is 17.8 Å². The van der Waals surface area contributed by atoms with Crippen molar-refractivity contribution in [1.82, 2.24) is 14.9 Å². The van der Waals surface area contributed by atoms with Crippen molar-refractivity contribution >= 4 is 0 Å². The zero-order valence-corrected chi connectivity index (χ0v) is 8.21. The number of rotatable bonds is 5. The highest BCUT2D eigenvalue weighted by atomic mass is 19.4. The molecule has 0 saturated carbocycles. The molecule has 0 unspecified atom stereocenters. The predicted molar refractivity (Wildman–Crippen MR) is 47.0 cm³/mol. The normalized spacial score (nSPS) is 12.0. The molecule has 86 valence electrons. The van der Waals surface area contributed by atoms with E-state index in [4.69, 9.17) is 0 Å². The van der Waals surface area contributed by atoms with Crippen molar-refractivity contribution in [2.24, 2.45) is 0 Å². The summed E-state index contributed by atoms with van der Waals surface area (Å²) in [6, 6.07) is 0. The second-order valence-electron chi connectivity index (χ2n) is 2.93. The number of nitrogens with zero attached hydrogens (tertiary/aromatic N) is 2. The second kappa shape index (κ2) is 5.13. The minimum Gasteiger partial charge on any atom is -0.335 e. The van der Waals surface area contributed by atoms with Crippen LogP contribution in [0.25, 0.3) is 0 Å². The van der Waals surface area contributed by atoms with E-state index in [1.807, 2.05) is 0 Å². The van der Waals surface area contributed by atoms with Crippen molar-refractivity contribution in [1.29, 1.82) is 0 Å². The Hall–Kier alpha value is -1.08. The number of ether oxygens (including phenoxy) is 1. The molecule has 1 aromatic rings. The van der Waals surface area contributed by atoms with E-state index in [1.165, 1.54) is 6.33 Å². The van der Waals surface area contributed by atoms with Crippen molar-refractivity contribution in [3.8, 4) is 0 Å². The van der Waals surface area contributed by atoms with Gasteiger partial charge in [-0.25, -0.2) is 4.98 Å². The Morgan fingerprint density at radius 2 is 2.27 bits per heavy atom. The SMILES string of the molecule is CNCc1cn(CCOC(F)(F)F)cn1. The molecule has 7 heteroatoms. The third-order valence-corrected chi connectivity index (χ3v) is 1.66. The minimum atomic E-state index is -4.56. The molecule has 1 heterocycles. The van der Waals surface area contributed by atoms with Gasteiger partial charge in [0.2, 0.25) is 0 Å². The molecule has 0 aliphatic rings. The first-order chi connectivity index (χ1) is 7.01. The Morgan fingerprint density at radius 1 is 1.53 bits per heavy atom. The van der Waals surface area contributed by atoms with Gasteiger partial charge in [0, 0.05) is 19.3 Å². The molecule has 0 aromatic carbocycles. The Labute approximate surface area is 85.1 Å². The van der Waals surface area contributed by atoms with Gasteiger partial charge in [-0.2, -0.15) is 0 Å². The van der Waals surface area contributed by atoms with E-state index in [0.29, 0.717) is 6.54 Å². The van der Waals surface area contributed by atoms with Gasteiger partial charge in [0.05, 0.1) is 18.6 Å². The average Bonchev–Trinajstić information content (AvgIpc) is 2.51. The van der Waals surface area contributed by atoms with Gasteiger partial charge in [0.1, 0.15) is 0 Å². The number of aromatic nitrogens is 2. The summed E-state index contributed by atoms with van der Waals surface area (Å²) in [4.78, 5) is 3.98. The van der Waals surface area contributed by atoms with Crippen LogP contribution in [-0.4, -0.2) is 29.6 Å². The third kappa shape index (κ3) is 4.80. The average molecular weight is 223 g/mol. The second-order valence-corrected chi connectivity index (χ2v) is 2.93. The highest BCUT2D eigenvalue weighted by molar-refractivity contribution is 4.95. The molecule has 0 saturated heterocycles. The van der Waals surface area contributed by atoms with Gasteiger partial charge in [-0.3, -0.25) is 4.74 Å². The number of hydrogen-bond acceptors (Lipinski definition) is 3. The van der Waals surface area contributed by atoms with Gasteiger partial charge in [0.25, 0.3) is 0 Å². The van der Waals surface area contributed by atoms with Crippen LogP contribution in [0.15, 0.2) is 12.5 Å². The van der Waals surface area contributed by atoms with Crippen LogP contribution in [0.2, 0.25) is 0 Å². The number of imidazole rings is 1. The molecule has 1 aromatic heterocycles. The Balaban J connectivity index is 2.31. The first-order valence-corrected chi connectivity index (χ1v) is 4.37. The fraction of sp³-hybridized carbons (Fsp3) is 0.625. The fourth-order valence-electron chi connectivity index (χ4n) is 1.07. The fourth-order valence-corrected chi connectivity index (χ4v) is 1.07. The first-order valence-electron chi connectivity index (χ1n) is 4.37. The largest absolute Gasteiger partial charge is 0.522 e. The molecule has 15 heavy (non-hydrogen) atoms. The van der Waals surface area contributed by atoms with Crippen LogP contribution < -0.4 is 5.32 Å². The molecule has 1 N–H and O–H groups in total. The number of nitrogens with one attached hydrogen (secondary N) is 1. The van der Waals surface area contributed by atoms with Gasteiger partial charge < -0.3 is 9.88 Å². The quantitative estimate of drug-likeness (QED) is 0.813. The summed E-state index contributed by atoms with van der Waals surface area (Å²) in [5, 5.41) is 2.89. The van der Waals surface area contributed by atoms with E-state index < -0.39 is 13.0 Å². The summed E-state index contributed by atoms with van der Waals surface area (Å²) in [5.74, 6) is 0. The van der Waals surface area contributed by atoms with Crippen molar-refractivity contribution in [2.45, 2.75) is 19.5 Å². The van der Waals surface area contributed by atoms with Crippen LogP contribution >= 0.6 is 0 Å². The van der Waals surface area contributed by atoms with E-state index in [2.05, 4.69) is 15.0 Å². The molecule has 0 atom stereocenters. The van der Waals surface area contributed by atoms with Crippen molar-refractivity contribution in [3.63, 3.8) is 0 Å². The monoisotopic (exact) mass is 223 g/mol. The summed E-state index contributed by atoms with van der Waals surface area (Å²) in [6.07, 6.45) is -1.41. The molecule has 0 amide bonds. The topological polar surface area (TPSA) is 39.1 Å². The van der Waals surface area contributed by atoms with E-state index in [9.17, 15) is 13.2 Å². The summed E-state index contributed by atoms with van der Waals surface area (Å²) >= 11 is 0. The molecule has 0 aliphatic heterocycles. The van der Waals surface area contributed by atoms with Gasteiger partial charge in [-0.15, -0.1) is 13.2 Å². The maximum Gasteiger partial charge on any atom is 0.522 e. The Bertz CT molecular complexity index is 298. The standard InChI is InChI=1S/C8H12F3N3O/c1-12-4-7-5-14(6-13-7)2-3-15-8(9,10)11/h5-6,12H,2-4H2,1H3. The highest BCUT2D eigenvalue weighted by Crippen LogP contribution is 2.15. The van der Waals surface area contributed by atoms with Crippen LogP contribution in [0.4, 0.5) is 13.2 Å². The van der Waals surface area contributed by atoms with Gasteiger partial charge in [-0.05, 0) is 7.05 Å². The van der Waals surface area contributed by atoms with Gasteiger partial charge >= 0.3 is 6.36 Å². The van der Waals surface area contributed by atoms with Crippen LogP contribution in [0, 0.1) is 0 Å². The maximum absolute atomic E-state index is 11.6. The smallest absolute Gasteiger partial charge is 0.335 e. The molecule has 0 fully saturated rings. The molecule has 0 spiro atoms. The van der Waals surface area contributed by atoms with Crippen molar-refractivity contribution in [3.05, 3.63) is 18.2 Å². The van der Waals surface area contributed by atoms with E-state index in [0.717, 1.165) is 5.69 Å². The van der Waals surface area contributed by atoms with E-state index in [-0.39, 0.29) is 6.54 Å². The molecular weight excluding hydrogens is 211 g/mol. The lowest BCUT2D eigenvalue weighted by Gasteiger charge is -2.06. The molecule has 0 bridgehead atoms. The van der Waals surface area contributed by atoms with E-state index >= 15 is 0 Å². The predicted octanol–water partition coefficient (Wildman–Crippen LogP) is 1.14. The molecule has 0 radical (unpaired) electrons. The molecular formula is C8H12F3N3O. The zero-order chi connectivity index (χ0) is 11.3. The van der Waals surface area contributed by atoms with Crippen LogP contribution in [0.5, 0.6) is 0 Å². The lowest BCUT2D eigenvalue weighted by molar-refractivity contribution is -0.325. The van der Waals surface area contributed by atoms with Gasteiger partial charge in [0.15, 0.2) is 0 Å². The van der Waals surface area contributed by atoms with Crippen molar-refractivity contribution < 1.29 is 17.9 Å². The Kier molecular flexibility index (Phi) is 4.10. The first kappa shape index (κ1) is 12.0. The van der Waals surface area contributed by atoms with Crippen LogP contribution in [0.3, 0.4) is 0 Å². The summed E-state index contributed by atoms with van der Waals surface area (Å²) in [5.41, 5.74) is 0.782.